The molecule has 1 aliphatic heterocycles. The molecular weight excluding hydrogens is 316 g/mol. The highest BCUT2D eigenvalue weighted by Gasteiger charge is 2.32. The highest BCUT2D eigenvalue weighted by Crippen LogP contribution is 2.32. The lowest BCUT2D eigenvalue weighted by molar-refractivity contribution is -0.0390. The molecule has 2 atom stereocenters. The van der Waals surface area contributed by atoms with Crippen LogP contribution in [-0.2, 0) is 17.7 Å². The van der Waals surface area contributed by atoms with Gasteiger partial charge >= 0.3 is 0 Å². The maximum absolute atomic E-state index is 6.34. The molecule has 1 aromatic heterocycles. The van der Waals surface area contributed by atoms with Gasteiger partial charge in [0.15, 0.2) is 0 Å². The Bertz CT molecular complexity index is 612. The first kappa shape index (κ1) is 16.2. The van der Waals surface area contributed by atoms with E-state index < -0.39 is 0 Å². The van der Waals surface area contributed by atoms with Gasteiger partial charge in [-0.2, -0.15) is 0 Å². The van der Waals surface area contributed by atoms with E-state index in [0.717, 1.165) is 45.0 Å². The van der Waals surface area contributed by atoms with Gasteiger partial charge in [-0.1, -0.05) is 30.3 Å². The maximum Gasteiger partial charge on any atom is 0.107 e. The fourth-order valence-corrected chi connectivity index (χ4v) is 4.29. The predicted molar refractivity (Wildman–Crippen MR) is 98.1 cm³/mol. The second-order valence-corrected chi connectivity index (χ2v) is 8.19. The van der Waals surface area contributed by atoms with Crippen molar-refractivity contribution in [3.8, 4) is 0 Å². The number of aromatic nitrogens is 1. The molecule has 128 valence electrons. The van der Waals surface area contributed by atoms with Gasteiger partial charge in [0, 0.05) is 37.2 Å². The number of piperidine rings is 1. The molecule has 1 saturated carbocycles. The van der Waals surface area contributed by atoms with Crippen molar-refractivity contribution in [2.24, 2.45) is 11.8 Å². The Labute approximate surface area is 148 Å². The number of thiazole rings is 1. The monoisotopic (exact) mass is 342 g/mol. The molecule has 1 saturated heterocycles. The lowest BCUT2D eigenvalue weighted by Crippen LogP contribution is -2.45. The summed E-state index contributed by atoms with van der Waals surface area (Å²) in [5.41, 5.74) is 1.43. The molecule has 1 aliphatic carbocycles. The lowest BCUT2D eigenvalue weighted by atomic mass is 9.88. The Morgan fingerprint density at radius 2 is 2.04 bits per heavy atom. The zero-order chi connectivity index (χ0) is 16.2. The van der Waals surface area contributed by atoms with Crippen LogP contribution < -0.4 is 0 Å². The second kappa shape index (κ2) is 7.77. The van der Waals surface area contributed by atoms with Gasteiger partial charge in [0.2, 0.25) is 0 Å². The molecule has 4 rings (SSSR count). The van der Waals surface area contributed by atoms with E-state index in [4.69, 9.17) is 4.74 Å². The first-order valence-electron chi connectivity index (χ1n) is 9.13. The summed E-state index contributed by atoms with van der Waals surface area (Å²) < 4.78 is 6.34. The molecule has 24 heavy (non-hydrogen) atoms. The number of hydrogen-bond donors (Lipinski definition) is 0. The van der Waals surface area contributed by atoms with Crippen LogP contribution in [0.3, 0.4) is 0 Å². The number of ether oxygens (including phenoxy) is 1. The summed E-state index contributed by atoms with van der Waals surface area (Å²) in [4.78, 5) is 7.01. The summed E-state index contributed by atoms with van der Waals surface area (Å²) in [6, 6.07) is 10.9. The van der Waals surface area contributed by atoms with Gasteiger partial charge in [0.1, 0.15) is 5.01 Å². The van der Waals surface area contributed by atoms with Crippen molar-refractivity contribution in [3.05, 3.63) is 52.5 Å². The van der Waals surface area contributed by atoms with E-state index in [1.807, 2.05) is 6.20 Å². The molecule has 2 heterocycles. The first-order valence-corrected chi connectivity index (χ1v) is 10.0. The van der Waals surface area contributed by atoms with E-state index in [1.54, 1.807) is 11.3 Å². The summed E-state index contributed by atoms with van der Waals surface area (Å²) in [5.74, 6) is 1.43. The Kier molecular flexibility index (Phi) is 5.26. The fourth-order valence-electron chi connectivity index (χ4n) is 3.63. The molecule has 0 radical (unpaired) electrons. The van der Waals surface area contributed by atoms with E-state index in [9.17, 15) is 0 Å². The van der Waals surface area contributed by atoms with Crippen molar-refractivity contribution >= 4 is 11.3 Å². The third kappa shape index (κ3) is 4.44. The first-order chi connectivity index (χ1) is 11.9. The Balaban J connectivity index is 1.40. The van der Waals surface area contributed by atoms with Crippen molar-refractivity contribution in [2.75, 3.05) is 19.7 Å². The third-order valence-corrected chi connectivity index (χ3v) is 5.94. The standard InChI is InChI=1S/C20H26N2OS/c1-2-4-16(5-3-1)12-18-13-22(14-20-21-9-11-24-20)10-8-19(18)23-15-17-6-7-17/h1-5,9,11,17-19H,6-8,10,12-15H2/t18-,19-/m0/s1. The molecule has 2 fully saturated rings. The predicted octanol–water partition coefficient (Wildman–Crippen LogP) is 4.00. The van der Waals surface area contributed by atoms with E-state index in [1.165, 1.54) is 23.4 Å². The average molecular weight is 343 g/mol. The minimum atomic E-state index is 0.415. The van der Waals surface area contributed by atoms with Gasteiger partial charge in [-0.25, -0.2) is 4.98 Å². The van der Waals surface area contributed by atoms with E-state index in [-0.39, 0.29) is 0 Å². The quantitative estimate of drug-likeness (QED) is 0.760. The lowest BCUT2D eigenvalue weighted by Gasteiger charge is -2.38. The molecule has 2 aromatic rings. The molecule has 0 unspecified atom stereocenters. The van der Waals surface area contributed by atoms with Gasteiger partial charge < -0.3 is 4.74 Å². The third-order valence-electron chi connectivity index (χ3n) is 5.17. The fraction of sp³-hybridized carbons (Fsp3) is 0.550. The number of rotatable bonds is 7. The Morgan fingerprint density at radius 3 is 2.79 bits per heavy atom. The van der Waals surface area contributed by atoms with Crippen molar-refractivity contribution in [1.82, 2.24) is 9.88 Å². The van der Waals surface area contributed by atoms with Crippen LogP contribution in [-0.4, -0.2) is 35.7 Å². The zero-order valence-electron chi connectivity index (χ0n) is 14.1. The molecule has 0 bridgehead atoms. The van der Waals surface area contributed by atoms with Crippen LogP contribution in [0.2, 0.25) is 0 Å². The Hall–Kier alpha value is -1.23. The smallest absolute Gasteiger partial charge is 0.107 e. The van der Waals surface area contributed by atoms with Crippen LogP contribution in [0, 0.1) is 11.8 Å². The minimum Gasteiger partial charge on any atom is -0.378 e. The molecule has 0 N–H and O–H groups in total. The summed E-state index contributed by atoms with van der Waals surface area (Å²) in [5, 5.41) is 3.30. The normalized spacial score (nSPS) is 25.0. The molecule has 3 nitrogen and oxygen atoms in total. The van der Waals surface area contributed by atoms with Gasteiger partial charge in [0.05, 0.1) is 12.6 Å². The minimum absolute atomic E-state index is 0.415. The molecule has 1 aromatic carbocycles. The Morgan fingerprint density at radius 1 is 1.17 bits per heavy atom. The highest BCUT2D eigenvalue weighted by molar-refractivity contribution is 7.09. The molecule has 2 aliphatic rings. The molecule has 4 heteroatoms. The zero-order valence-corrected chi connectivity index (χ0v) is 15.0. The summed E-state index contributed by atoms with van der Waals surface area (Å²) >= 11 is 1.76. The van der Waals surface area contributed by atoms with Gasteiger partial charge in [-0.05, 0) is 37.2 Å². The van der Waals surface area contributed by atoms with Crippen molar-refractivity contribution in [1.29, 1.82) is 0 Å². The van der Waals surface area contributed by atoms with Crippen LogP contribution in [0.4, 0.5) is 0 Å². The largest absolute Gasteiger partial charge is 0.378 e. The van der Waals surface area contributed by atoms with Crippen molar-refractivity contribution < 1.29 is 4.74 Å². The number of benzene rings is 1. The molecule has 0 spiro atoms. The van der Waals surface area contributed by atoms with Crippen molar-refractivity contribution in [2.45, 2.75) is 38.3 Å². The molecular formula is C20H26N2OS. The highest BCUT2D eigenvalue weighted by atomic mass is 32.1. The SMILES string of the molecule is c1ccc(C[C@H]2CN(Cc3nccs3)CC[C@@H]2OCC2CC2)cc1. The molecule has 0 amide bonds. The van der Waals surface area contributed by atoms with Crippen molar-refractivity contribution in [3.63, 3.8) is 0 Å². The number of hydrogen-bond acceptors (Lipinski definition) is 4. The van der Waals surface area contributed by atoms with Gasteiger partial charge in [-0.15, -0.1) is 11.3 Å². The van der Waals surface area contributed by atoms with Gasteiger partial charge in [-0.3, -0.25) is 4.90 Å². The van der Waals surface area contributed by atoms with Crippen LogP contribution in [0.1, 0.15) is 29.8 Å². The summed E-state index contributed by atoms with van der Waals surface area (Å²) in [7, 11) is 0. The summed E-state index contributed by atoms with van der Waals surface area (Å²) in [6.45, 7) is 4.20. The summed E-state index contributed by atoms with van der Waals surface area (Å²) in [6.07, 6.45) is 7.32. The topological polar surface area (TPSA) is 25.4 Å². The van der Waals surface area contributed by atoms with E-state index >= 15 is 0 Å². The average Bonchev–Trinajstić information content (AvgIpc) is 3.30. The number of nitrogens with zero attached hydrogens (tertiary/aromatic N) is 2. The van der Waals surface area contributed by atoms with Crippen LogP contribution in [0.5, 0.6) is 0 Å². The van der Waals surface area contributed by atoms with Crippen LogP contribution >= 0.6 is 11.3 Å². The van der Waals surface area contributed by atoms with Crippen LogP contribution in [0.15, 0.2) is 41.9 Å². The van der Waals surface area contributed by atoms with Crippen LogP contribution in [0.25, 0.3) is 0 Å². The maximum atomic E-state index is 6.34. The van der Waals surface area contributed by atoms with E-state index in [0.29, 0.717) is 12.0 Å². The number of likely N-dealkylation sites (tertiary alicyclic amines) is 1. The van der Waals surface area contributed by atoms with Gasteiger partial charge in [0.25, 0.3) is 0 Å². The second-order valence-electron chi connectivity index (χ2n) is 7.21. The van der Waals surface area contributed by atoms with E-state index in [2.05, 4.69) is 45.6 Å².